The number of carbonyl (C=O) groups excluding carboxylic acids is 2. The number of benzene rings is 1. The van der Waals surface area contributed by atoms with Gasteiger partial charge >= 0.3 is 0 Å². The molecule has 0 spiro atoms. The lowest BCUT2D eigenvalue weighted by atomic mass is 9.76. The molecule has 1 aromatic heterocycles. The van der Waals surface area contributed by atoms with Gasteiger partial charge in [-0.3, -0.25) is 9.59 Å². The summed E-state index contributed by atoms with van der Waals surface area (Å²) in [6.45, 7) is 7.81. The van der Waals surface area contributed by atoms with Crippen molar-refractivity contribution in [1.29, 1.82) is 0 Å². The SMILES string of the molecule is CO.Cc1c(C(=O)NC(C)c2ccccc2)oc2c1C(=O)CC(C)(C)C2. The highest BCUT2D eigenvalue weighted by molar-refractivity contribution is 6.03. The average molecular weight is 357 g/mol. The normalized spacial score (nSPS) is 16.2. The van der Waals surface area contributed by atoms with Crippen LogP contribution in [0.2, 0.25) is 0 Å². The molecule has 0 fully saturated rings. The first kappa shape index (κ1) is 19.9. The molecule has 5 nitrogen and oxygen atoms in total. The maximum Gasteiger partial charge on any atom is 0.287 e. The number of hydrogen-bond acceptors (Lipinski definition) is 4. The Morgan fingerprint density at radius 3 is 2.42 bits per heavy atom. The first-order valence-corrected chi connectivity index (χ1v) is 8.74. The Kier molecular flexibility index (Phi) is 6.03. The lowest BCUT2D eigenvalue weighted by Crippen LogP contribution is -2.27. The number of amides is 1. The Balaban J connectivity index is 0.00000117. The third-order valence-electron chi connectivity index (χ3n) is 4.63. The summed E-state index contributed by atoms with van der Waals surface area (Å²) in [6.07, 6.45) is 1.16. The summed E-state index contributed by atoms with van der Waals surface area (Å²) in [5.41, 5.74) is 2.16. The molecular weight excluding hydrogens is 330 g/mol. The van der Waals surface area contributed by atoms with Gasteiger partial charge in [-0.2, -0.15) is 0 Å². The Morgan fingerprint density at radius 2 is 1.81 bits per heavy atom. The molecule has 1 aliphatic rings. The van der Waals surface area contributed by atoms with Gasteiger partial charge < -0.3 is 14.8 Å². The largest absolute Gasteiger partial charge is 0.455 e. The molecule has 1 aromatic carbocycles. The topological polar surface area (TPSA) is 79.5 Å². The van der Waals surface area contributed by atoms with E-state index in [1.165, 1.54) is 0 Å². The van der Waals surface area contributed by atoms with Crippen LogP contribution in [0.25, 0.3) is 0 Å². The smallest absolute Gasteiger partial charge is 0.287 e. The van der Waals surface area contributed by atoms with Crippen molar-refractivity contribution < 1.29 is 19.1 Å². The van der Waals surface area contributed by atoms with E-state index in [4.69, 9.17) is 9.52 Å². The van der Waals surface area contributed by atoms with Crippen molar-refractivity contribution in [3.8, 4) is 0 Å². The molecule has 2 aromatic rings. The third-order valence-corrected chi connectivity index (χ3v) is 4.63. The van der Waals surface area contributed by atoms with Gasteiger partial charge in [-0.05, 0) is 24.8 Å². The number of hydrogen-bond donors (Lipinski definition) is 2. The van der Waals surface area contributed by atoms with Gasteiger partial charge in [0, 0.05) is 25.5 Å². The predicted octanol–water partition coefficient (Wildman–Crippen LogP) is 3.84. The lowest BCUT2D eigenvalue weighted by Gasteiger charge is -2.27. The molecule has 140 valence electrons. The number of nitrogens with one attached hydrogen (secondary N) is 1. The molecular formula is C21H27NO4. The Labute approximate surface area is 154 Å². The van der Waals surface area contributed by atoms with Crippen molar-refractivity contribution in [3.63, 3.8) is 0 Å². The number of furan rings is 1. The van der Waals surface area contributed by atoms with E-state index in [2.05, 4.69) is 5.32 Å². The van der Waals surface area contributed by atoms with E-state index in [1.807, 2.05) is 51.1 Å². The van der Waals surface area contributed by atoms with Gasteiger partial charge in [0.15, 0.2) is 11.5 Å². The van der Waals surface area contributed by atoms with Crippen molar-refractivity contribution in [1.82, 2.24) is 5.32 Å². The summed E-state index contributed by atoms with van der Waals surface area (Å²) in [4.78, 5) is 25.0. The highest BCUT2D eigenvalue weighted by Crippen LogP contribution is 2.38. The molecule has 0 aliphatic heterocycles. The number of aliphatic hydroxyl groups excluding tert-OH is 1. The van der Waals surface area contributed by atoms with E-state index >= 15 is 0 Å². The molecule has 1 unspecified atom stereocenters. The van der Waals surface area contributed by atoms with Crippen LogP contribution in [0.1, 0.15) is 71.0 Å². The molecule has 2 N–H and O–H groups in total. The van der Waals surface area contributed by atoms with Crippen LogP contribution in [-0.4, -0.2) is 23.9 Å². The molecule has 1 atom stereocenters. The average Bonchev–Trinajstić information content (AvgIpc) is 2.92. The summed E-state index contributed by atoms with van der Waals surface area (Å²) < 4.78 is 5.81. The van der Waals surface area contributed by atoms with Gasteiger partial charge in [-0.25, -0.2) is 0 Å². The molecule has 26 heavy (non-hydrogen) atoms. The molecule has 0 radical (unpaired) electrons. The number of rotatable bonds is 3. The Morgan fingerprint density at radius 1 is 1.19 bits per heavy atom. The summed E-state index contributed by atoms with van der Waals surface area (Å²) in [6, 6.07) is 9.63. The minimum Gasteiger partial charge on any atom is -0.455 e. The van der Waals surface area contributed by atoms with E-state index in [1.54, 1.807) is 6.92 Å². The second kappa shape index (κ2) is 7.87. The fourth-order valence-corrected chi connectivity index (χ4v) is 3.39. The van der Waals surface area contributed by atoms with Crippen LogP contribution in [0.4, 0.5) is 0 Å². The van der Waals surface area contributed by atoms with Gasteiger partial charge in [-0.1, -0.05) is 44.2 Å². The monoisotopic (exact) mass is 357 g/mol. The molecule has 1 heterocycles. The molecule has 1 aliphatic carbocycles. The van der Waals surface area contributed by atoms with Crippen LogP contribution >= 0.6 is 0 Å². The van der Waals surface area contributed by atoms with Gasteiger partial charge in [0.05, 0.1) is 11.6 Å². The summed E-state index contributed by atoms with van der Waals surface area (Å²) >= 11 is 0. The second-order valence-electron chi connectivity index (χ2n) is 7.40. The highest BCUT2D eigenvalue weighted by Gasteiger charge is 2.37. The summed E-state index contributed by atoms with van der Waals surface area (Å²) in [5.74, 6) is 0.696. The van der Waals surface area contributed by atoms with E-state index in [0.29, 0.717) is 29.7 Å². The third kappa shape index (κ3) is 4.05. The summed E-state index contributed by atoms with van der Waals surface area (Å²) in [5, 5.41) is 9.95. The Bertz CT molecular complexity index is 790. The molecule has 0 bridgehead atoms. The minimum absolute atomic E-state index is 0.0673. The Hall–Kier alpha value is -2.40. The van der Waals surface area contributed by atoms with Gasteiger partial charge in [0.25, 0.3) is 5.91 Å². The molecule has 0 saturated heterocycles. The maximum atomic E-state index is 12.6. The van der Waals surface area contributed by atoms with Crippen LogP contribution < -0.4 is 5.32 Å². The van der Waals surface area contributed by atoms with Crippen LogP contribution in [0.15, 0.2) is 34.7 Å². The van der Waals surface area contributed by atoms with Crippen LogP contribution in [0.3, 0.4) is 0 Å². The molecule has 5 heteroatoms. The van der Waals surface area contributed by atoms with E-state index in [0.717, 1.165) is 12.7 Å². The van der Waals surface area contributed by atoms with Crippen molar-refractivity contribution in [2.45, 2.75) is 46.6 Å². The minimum atomic E-state index is -0.274. The van der Waals surface area contributed by atoms with Crippen LogP contribution in [0, 0.1) is 12.3 Å². The van der Waals surface area contributed by atoms with Crippen LogP contribution in [-0.2, 0) is 6.42 Å². The van der Waals surface area contributed by atoms with E-state index in [9.17, 15) is 9.59 Å². The first-order valence-electron chi connectivity index (χ1n) is 8.74. The lowest BCUT2D eigenvalue weighted by molar-refractivity contribution is 0.0883. The van der Waals surface area contributed by atoms with E-state index < -0.39 is 0 Å². The maximum absolute atomic E-state index is 12.6. The zero-order valence-corrected chi connectivity index (χ0v) is 16.1. The number of carbonyl (C=O) groups is 2. The summed E-state index contributed by atoms with van der Waals surface area (Å²) in [7, 11) is 1.00. The van der Waals surface area contributed by atoms with Crippen molar-refractivity contribution in [2.75, 3.05) is 7.11 Å². The first-order chi connectivity index (χ1) is 12.3. The molecule has 0 saturated carbocycles. The van der Waals surface area contributed by atoms with Crippen molar-refractivity contribution in [3.05, 3.63) is 58.5 Å². The van der Waals surface area contributed by atoms with Crippen molar-refractivity contribution >= 4 is 11.7 Å². The van der Waals surface area contributed by atoms with Gasteiger partial charge in [0.1, 0.15) is 5.76 Å². The van der Waals surface area contributed by atoms with Gasteiger partial charge in [-0.15, -0.1) is 0 Å². The number of aliphatic hydroxyl groups is 1. The number of ketones is 1. The van der Waals surface area contributed by atoms with Crippen molar-refractivity contribution in [2.24, 2.45) is 5.41 Å². The molecule has 3 rings (SSSR count). The second-order valence-corrected chi connectivity index (χ2v) is 7.40. The number of fused-ring (bicyclic) bond motifs is 1. The van der Waals surface area contributed by atoms with Gasteiger partial charge in [0.2, 0.25) is 0 Å². The van der Waals surface area contributed by atoms with E-state index in [-0.39, 0.29) is 28.9 Å². The highest BCUT2D eigenvalue weighted by atomic mass is 16.4. The quantitative estimate of drug-likeness (QED) is 0.875. The standard InChI is InChI=1S/C20H23NO3.CH4O/c1-12-17-15(22)10-20(3,4)11-16(17)24-18(12)19(23)21-13(2)14-8-6-5-7-9-14;1-2/h5-9,13H,10-11H2,1-4H3,(H,21,23);2H,1H3. The van der Waals surface area contributed by atoms with Crippen LogP contribution in [0.5, 0.6) is 0 Å². The zero-order valence-electron chi connectivity index (χ0n) is 16.1. The predicted molar refractivity (Wildman–Crippen MR) is 100 cm³/mol. The fourth-order valence-electron chi connectivity index (χ4n) is 3.39. The fraction of sp³-hybridized carbons (Fsp3) is 0.429. The number of Topliss-reactive ketones (excluding diaryl/α,β-unsaturated/α-hetero) is 1. The molecule has 1 amide bonds. The zero-order chi connectivity index (χ0) is 19.5.